The summed E-state index contributed by atoms with van der Waals surface area (Å²) < 4.78 is 23.7. The molecule has 2 nitrogen and oxygen atoms in total. The first kappa shape index (κ1) is 10.7. The maximum absolute atomic E-state index is 11.5. The quantitative estimate of drug-likeness (QED) is 0.635. The van der Waals surface area contributed by atoms with E-state index in [0.717, 1.165) is 0 Å². The zero-order chi connectivity index (χ0) is 9.73. The molecule has 0 radical (unpaired) electrons. The molecular weight excluding hydrogens is 299 g/mol. The number of sulfone groups is 1. The molecule has 0 N–H and O–H groups in total. The molecule has 0 heterocycles. The lowest BCUT2D eigenvalue weighted by Gasteiger charge is -1.96. The second-order valence-corrected chi connectivity index (χ2v) is 5.10. The van der Waals surface area contributed by atoms with E-state index in [-0.39, 0.29) is 0 Å². The van der Waals surface area contributed by atoms with Gasteiger partial charge in [0.15, 0.2) is 9.84 Å². The highest BCUT2D eigenvalue weighted by atomic mass is 127. The SMILES string of the molecule is O=S(=O)(/C=C/CI)c1ccccc1. The number of rotatable bonds is 3. The van der Waals surface area contributed by atoms with Crippen LogP contribution in [0.5, 0.6) is 0 Å². The first-order valence-corrected chi connectivity index (χ1v) is 6.76. The van der Waals surface area contributed by atoms with Crippen LogP contribution in [0, 0.1) is 0 Å². The summed E-state index contributed by atoms with van der Waals surface area (Å²) in [5.41, 5.74) is 0. The van der Waals surface area contributed by atoms with Gasteiger partial charge in [-0.05, 0) is 12.1 Å². The third kappa shape index (κ3) is 3.11. The van der Waals surface area contributed by atoms with Crippen molar-refractivity contribution >= 4 is 32.4 Å². The smallest absolute Gasteiger partial charge is 0.199 e. The minimum atomic E-state index is -3.21. The highest BCUT2D eigenvalue weighted by Crippen LogP contribution is 2.10. The lowest BCUT2D eigenvalue weighted by Crippen LogP contribution is -1.95. The normalized spacial score (nSPS) is 12.1. The average Bonchev–Trinajstić information content (AvgIpc) is 2.16. The van der Waals surface area contributed by atoms with Gasteiger partial charge in [-0.15, -0.1) is 0 Å². The Labute approximate surface area is 91.7 Å². The first-order chi connectivity index (χ1) is 6.17. The van der Waals surface area contributed by atoms with Crippen molar-refractivity contribution in [1.29, 1.82) is 0 Å². The predicted octanol–water partition coefficient (Wildman–Crippen LogP) is 2.41. The fraction of sp³-hybridized carbons (Fsp3) is 0.111. The second kappa shape index (κ2) is 4.76. The van der Waals surface area contributed by atoms with Crippen molar-refractivity contribution in [2.75, 3.05) is 4.43 Å². The number of alkyl halides is 1. The lowest BCUT2D eigenvalue weighted by molar-refractivity contribution is 0.604. The molecule has 0 aromatic heterocycles. The maximum atomic E-state index is 11.5. The van der Waals surface area contributed by atoms with Gasteiger partial charge in [0, 0.05) is 9.84 Å². The molecule has 70 valence electrons. The van der Waals surface area contributed by atoms with E-state index in [1.165, 1.54) is 5.41 Å². The van der Waals surface area contributed by atoms with Crippen molar-refractivity contribution < 1.29 is 8.42 Å². The van der Waals surface area contributed by atoms with Gasteiger partial charge in [0.05, 0.1) is 4.90 Å². The standard InChI is InChI=1S/C9H9IO2S/c10-7-4-8-13(11,12)9-5-2-1-3-6-9/h1-6,8H,7H2/b8-4+. The number of hydrogen-bond acceptors (Lipinski definition) is 2. The van der Waals surface area contributed by atoms with E-state index in [2.05, 4.69) is 22.6 Å². The Bertz CT molecular complexity index is 381. The highest BCUT2D eigenvalue weighted by molar-refractivity contribution is 14.1. The molecule has 13 heavy (non-hydrogen) atoms. The molecular formula is C9H9IO2S. The van der Waals surface area contributed by atoms with Crippen LogP contribution in [0.15, 0.2) is 46.7 Å². The molecule has 0 saturated heterocycles. The van der Waals surface area contributed by atoms with Gasteiger partial charge in [-0.3, -0.25) is 0 Å². The largest absolute Gasteiger partial charge is 0.219 e. The maximum Gasteiger partial charge on any atom is 0.199 e. The van der Waals surface area contributed by atoms with Gasteiger partial charge >= 0.3 is 0 Å². The van der Waals surface area contributed by atoms with Gasteiger partial charge in [-0.1, -0.05) is 46.9 Å². The topological polar surface area (TPSA) is 34.1 Å². The van der Waals surface area contributed by atoms with Crippen molar-refractivity contribution in [2.45, 2.75) is 4.90 Å². The summed E-state index contributed by atoms with van der Waals surface area (Å²) in [6.07, 6.45) is 1.63. The van der Waals surface area contributed by atoms with Crippen molar-refractivity contribution in [3.63, 3.8) is 0 Å². The van der Waals surface area contributed by atoms with Gasteiger partial charge in [-0.25, -0.2) is 8.42 Å². The molecule has 0 fully saturated rings. The van der Waals surface area contributed by atoms with Crippen LogP contribution in [0.3, 0.4) is 0 Å². The van der Waals surface area contributed by atoms with Crippen molar-refractivity contribution in [3.8, 4) is 0 Å². The highest BCUT2D eigenvalue weighted by Gasteiger charge is 2.07. The molecule has 0 aliphatic rings. The van der Waals surface area contributed by atoms with Crippen LogP contribution in [0.2, 0.25) is 0 Å². The van der Waals surface area contributed by atoms with Crippen LogP contribution in [-0.2, 0) is 9.84 Å². The molecule has 0 unspecified atom stereocenters. The van der Waals surface area contributed by atoms with E-state index >= 15 is 0 Å². The third-order valence-corrected chi connectivity index (χ3v) is 3.42. The Balaban J connectivity index is 3.02. The van der Waals surface area contributed by atoms with Gasteiger partial charge < -0.3 is 0 Å². The number of allylic oxidation sites excluding steroid dienone is 1. The van der Waals surface area contributed by atoms with Crippen LogP contribution in [0.25, 0.3) is 0 Å². The Morgan fingerprint density at radius 1 is 1.23 bits per heavy atom. The fourth-order valence-corrected chi connectivity index (χ4v) is 2.49. The molecule has 0 atom stereocenters. The summed E-state index contributed by atoms with van der Waals surface area (Å²) in [6, 6.07) is 8.40. The Kier molecular flexibility index (Phi) is 3.92. The van der Waals surface area contributed by atoms with E-state index in [0.29, 0.717) is 9.32 Å². The molecule has 1 aromatic rings. The molecule has 0 saturated carbocycles. The molecule has 1 rings (SSSR count). The van der Waals surface area contributed by atoms with Crippen LogP contribution in [-0.4, -0.2) is 12.8 Å². The molecule has 0 bridgehead atoms. The first-order valence-electron chi connectivity index (χ1n) is 3.69. The number of hydrogen-bond donors (Lipinski definition) is 0. The summed E-state index contributed by atoms with van der Waals surface area (Å²) >= 11 is 2.10. The molecule has 0 amide bonds. The second-order valence-electron chi connectivity index (χ2n) is 2.38. The van der Waals surface area contributed by atoms with Gasteiger partial charge in [0.25, 0.3) is 0 Å². The van der Waals surface area contributed by atoms with Crippen molar-refractivity contribution in [1.82, 2.24) is 0 Å². The van der Waals surface area contributed by atoms with E-state index in [9.17, 15) is 8.42 Å². The zero-order valence-corrected chi connectivity index (χ0v) is 9.83. The summed E-state index contributed by atoms with van der Waals surface area (Å²) in [5.74, 6) is 0. The van der Waals surface area contributed by atoms with Crippen molar-refractivity contribution in [2.24, 2.45) is 0 Å². The lowest BCUT2D eigenvalue weighted by atomic mass is 10.4. The summed E-state index contributed by atoms with van der Waals surface area (Å²) in [6.45, 7) is 0. The Morgan fingerprint density at radius 3 is 2.38 bits per heavy atom. The van der Waals surface area contributed by atoms with Crippen LogP contribution >= 0.6 is 22.6 Å². The summed E-state index contributed by atoms with van der Waals surface area (Å²) in [7, 11) is -3.21. The zero-order valence-electron chi connectivity index (χ0n) is 6.85. The summed E-state index contributed by atoms with van der Waals surface area (Å²) in [4.78, 5) is 0.344. The van der Waals surface area contributed by atoms with Gasteiger partial charge in [0.1, 0.15) is 0 Å². The van der Waals surface area contributed by atoms with Crippen LogP contribution in [0.1, 0.15) is 0 Å². The average molecular weight is 308 g/mol. The van der Waals surface area contributed by atoms with E-state index in [1.807, 2.05) is 0 Å². The third-order valence-electron chi connectivity index (χ3n) is 1.44. The number of halogens is 1. The Hall–Kier alpha value is -0.360. The predicted molar refractivity (Wildman–Crippen MR) is 61.7 cm³/mol. The fourth-order valence-electron chi connectivity index (χ4n) is 0.852. The van der Waals surface area contributed by atoms with Crippen LogP contribution < -0.4 is 0 Å². The van der Waals surface area contributed by atoms with E-state index in [1.54, 1.807) is 36.4 Å². The minimum absolute atomic E-state index is 0.344. The molecule has 0 aliphatic heterocycles. The van der Waals surface area contributed by atoms with Crippen molar-refractivity contribution in [3.05, 3.63) is 41.8 Å². The van der Waals surface area contributed by atoms with E-state index < -0.39 is 9.84 Å². The monoisotopic (exact) mass is 308 g/mol. The minimum Gasteiger partial charge on any atom is -0.219 e. The molecule has 1 aromatic carbocycles. The van der Waals surface area contributed by atoms with E-state index in [4.69, 9.17) is 0 Å². The van der Waals surface area contributed by atoms with Crippen LogP contribution in [0.4, 0.5) is 0 Å². The Morgan fingerprint density at radius 2 is 1.85 bits per heavy atom. The molecule has 0 aliphatic carbocycles. The van der Waals surface area contributed by atoms with Gasteiger partial charge in [0.2, 0.25) is 0 Å². The molecule has 0 spiro atoms. The molecule has 4 heteroatoms. The number of benzene rings is 1. The summed E-state index contributed by atoms with van der Waals surface area (Å²) in [5, 5.41) is 1.24. The van der Waals surface area contributed by atoms with Gasteiger partial charge in [-0.2, -0.15) is 0 Å².